The van der Waals surface area contributed by atoms with E-state index in [-0.39, 0.29) is 17.7 Å². The number of esters is 1. The third kappa shape index (κ3) is 3.51. The minimum absolute atomic E-state index is 0.00645. The van der Waals surface area contributed by atoms with Crippen molar-refractivity contribution in [2.45, 2.75) is 19.3 Å². The van der Waals surface area contributed by atoms with Crippen molar-refractivity contribution in [3.63, 3.8) is 0 Å². The van der Waals surface area contributed by atoms with Gasteiger partial charge in [0.2, 0.25) is 5.91 Å². The lowest BCUT2D eigenvalue weighted by Crippen LogP contribution is -2.16. The van der Waals surface area contributed by atoms with Crippen LogP contribution in [0.2, 0.25) is 0 Å². The van der Waals surface area contributed by atoms with E-state index in [1.165, 1.54) is 12.7 Å². The Kier molecular flexibility index (Phi) is 4.71. The van der Waals surface area contributed by atoms with Crippen LogP contribution in [0.15, 0.2) is 46.9 Å². The molecule has 0 radical (unpaired) electrons. The fourth-order valence-corrected chi connectivity index (χ4v) is 3.05. The molecule has 124 valence electrons. The van der Waals surface area contributed by atoms with E-state index in [0.717, 1.165) is 16.5 Å². The Morgan fingerprint density at radius 2 is 1.88 bits per heavy atom. The van der Waals surface area contributed by atoms with E-state index in [2.05, 4.69) is 21.2 Å². The van der Waals surface area contributed by atoms with Crippen LogP contribution in [0.1, 0.15) is 33.8 Å². The summed E-state index contributed by atoms with van der Waals surface area (Å²) >= 11 is 3.42. The van der Waals surface area contributed by atoms with Crippen LogP contribution < -0.4 is 5.32 Å². The second-order valence-electron chi connectivity index (χ2n) is 6.01. The Hall–Kier alpha value is -2.14. The molecule has 1 saturated carbocycles. The number of carbonyl (C=O) groups excluding carboxylic acids is 2. The number of halogens is 1. The molecule has 2 unspecified atom stereocenters. The topological polar surface area (TPSA) is 55.4 Å². The smallest absolute Gasteiger partial charge is 0.337 e. The van der Waals surface area contributed by atoms with Crippen LogP contribution in [0.4, 0.5) is 5.69 Å². The van der Waals surface area contributed by atoms with Gasteiger partial charge in [-0.15, -0.1) is 0 Å². The minimum Gasteiger partial charge on any atom is -0.465 e. The highest BCUT2D eigenvalue weighted by Gasteiger charge is 2.43. The van der Waals surface area contributed by atoms with Crippen LogP contribution >= 0.6 is 15.9 Å². The lowest BCUT2D eigenvalue weighted by Gasteiger charge is -2.10. The maximum absolute atomic E-state index is 12.5. The molecule has 1 aliphatic rings. The van der Waals surface area contributed by atoms with E-state index in [0.29, 0.717) is 11.3 Å². The van der Waals surface area contributed by atoms with Gasteiger partial charge in [-0.2, -0.15) is 0 Å². The molecule has 0 bridgehead atoms. The van der Waals surface area contributed by atoms with Crippen LogP contribution in [-0.4, -0.2) is 19.0 Å². The van der Waals surface area contributed by atoms with Crippen LogP contribution in [-0.2, 0) is 9.53 Å². The van der Waals surface area contributed by atoms with Gasteiger partial charge < -0.3 is 10.1 Å². The third-order valence-corrected chi connectivity index (χ3v) is 4.87. The van der Waals surface area contributed by atoms with Crippen LogP contribution in [0.25, 0.3) is 0 Å². The Bertz CT molecular complexity index is 786. The molecule has 0 aromatic heterocycles. The molecular weight excluding hydrogens is 370 g/mol. The van der Waals surface area contributed by atoms with Gasteiger partial charge in [0.15, 0.2) is 0 Å². The number of nitrogens with one attached hydrogen (secondary N) is 1. The maximum atomic E-state index is 12.5. The number of hydrogen-bond acceptors (Lipinski definition) is 3. The van der Waals surface area contributed by atoms with Crippen LogP contribution in [0.3, 0.4) is 0 Å². The SMILES string of the molecule is COC(=O)c1ccc(C)c(NC(=O)C2CC2c2ccc(Br)cc2)c1. The number of benzene rings is 2. The molecule has 0 spiro atoms. The predicted molar refractivity (Wildman–Crippen MR) is 96.1 cm³/mol. The zero-order valence-electron chi connectivity index (χ0n) is 13.5. The number of hydrogen-bond donors (Lipinski definition) is 1. The Balaban J connectivity index is 1.70. The molecule has 0 heterocycles. The van der Waals surface area contributed by atoms with Gasteiger partial charge in [-0.1, -0.05) is 34.1 Å². The minimum atomic E-state index is -0.412. The number of anilines is 1. The van der Waals surface area contributed by atoms with E-state index in [1.54, 1.807) is 18.2 Å². The number of carbonyl (C=O) groups is 2. The van der Waals surface area contributed by atoms with Crippen molar-refractivity contribution >= 4 is 33.5 Å². The first-order valence-corrected chi connectivity index (χ1v) is 8.54. The third-order valence-electron chi connectivity index (χ3n) is 4.34. The van der Waals surface area contributed by atoms with E-state index < -0.39 is 5.97 Å². The average molecular weight is 388 g/mol. The predicted octanol–water partition coefficient (Wildman–Crippen LogP) is 4.29. The van der Waals surface area contributed by atoms with Crippen molar-refractivity contribution in [1.29, 1.82) is 0 Å². The Labute approximate surface area is 149 Å². The van der Waals surface area contributed by atoms with Gasteiger partial charge in [-0.3, -0.25) is 4.79 Å². The molecule has 5 heteroatoms. The molecule has 2 aromatic rings. The fourth-order valence-electron chi connectivity index (χ4n) is 2.79. The van der Waals surface area contributed by atoms with Crippen LogP contribution in [0, 0.1) is 12.8 Å². The normalized spacial score (nSPS) is 18.8. The van der Waals surface area contributed by atoms with E-state index in [1.807, 2.05) is 31.2 Å². The molecule has 4 nitrogen and oxygen atoms in total. The lowest BCUT2D eigenvalue weighted by atomic mass is 10.1. The molecule has 1 fully saturated rings. The lowest BCUT2D eigenvalue weighted by molar-refractivity contribution is -0.117. The number of amides is 1. The van der Waals surface area contributed by atoms with Crippen LogP contribution in [0.5, 0.6) is 0 Å². The maximum Gasteiger partial charge on any atom is 0.337 e. The summed E-state index contributed by atoms with van der Waals surface area (Å²) in [5, 5.41) is 2.95. The molecule has 3 rings (SSSR count). The Morgan fingerprint density at radius 1 is 1.17 bits per heavy atom. The largest absolute Gasteiger partial charge is 0.465 e. The highest BCUT2D eigenvalue weighted by molar-refractivity contribution is 9.10. The van der Waals surface area contributed by atoms with Crippen molar-refractivity contribution < 1.29 is 14.3 Å². The summed E-state index contributed by atoms with van der Waals surface area (Å²) in [5.41, 5.74) is 3.18. The molecule has 2 aromatic carbocycles. The fraction of sp³-hybridized carbons (Fsp3) is 0.263. The molecule has 1 N–H and O–H groups in total. The molecule has 0 aliphatic heterocycles. The van der Waals surface area contributed by atoms with Crippen molar-refractivity contribution in [3.05, 3.63) is 63.6 Å². The average Bonchev–Trinajstić information content (AvgIpc) is 3.37. The molecule has 1 aliphatic carbocycles. The highest BCUT2D eigenvalue weighted by atomic mass is 79.9. The van der Waals surface area contributed by atoms with Gasteiger partial charge in [0.1, 0.15) is 0 Å². The van der Waals surface area contributed by atoms with Crippen molar-refractivity contribution in [3.8, 4) is 0 Å². The summed E-state index contributed by atoms with van der Waals surface area (Å²) < 4.78 is 5.76. The van der Waals surface area contributed by atoms with Gasteiger partial charge in [0.25, 0.3) is 0 Å². The first-order chi connectivity index (χ1) is 11.5. The summed E-state index contributed by atoms with van der Waals surface area (Å²) in [6.07, 6.45) is 0.850. The number of rotatable bonds is 4. The van der Waals surface area contributed by atoms with Gasteiger partial charge in [0.05, 0.1) is 12.7 Å². The first-order valence-electron chi connectivity index (χ1n) is 7.75. The monoisotopic (exact) mass is 387 g/mol. The zero-order chi connectivity index (χ0) is 17.3. The van der Waals surface area contributed by atoms with Gasteiger partial charge in [-0.05, 0) is 54.7 Å². The number of ether oxygens (including phenoxy) is 1. The summed E-state index contributed by atoms with van der Waals surface area (Å²) in [5.74, 6) is -0.174. The molecule has 24 heavy (non-hydrogen) atoms. The number of methoxy groups -OCH3 is 1. The molecule has 0 saturated heterocycles. The summed E-state index contributed by atoms with van der Waals surface area (Å²) in [6, 6.07) is 13.2. The summed E-state index contributed by atoms with van der Waals surface area (Å²) in [6.45, 7) is 1.90. The van der Waals surface area contributed by atoms with Crippen molar-refractivity contribution in [1.82, 2.24) is 0 Å². The second kappa shape index (κ2) is 6.77. The summed E-state index contributed by atoms with van der Waals surface area (Å²) in [4.78, 5) is 24.1. The standard InChI is InChI=1S/C19H18BrNO3/c1-11-3-4-13(19(23)24-2)9-17(11)21-18(22)16-10-15(16)12-5-7-14(20)8-6-12/h3-9,15-16H,10H2,1-2H3,(H,21,22). The quantitative estimate of drug-likeness (QED) is 0.796. The zero-order valence-corrected chi connectivity index (χ0v) is 15.1. The highest BCUT2D eigenvalue weighted by Crippen LogP contribution is 2.48. The second-order valence-corrected chi connectivity index (χ2v) is 6.93. The van der Waals surface area contributed by atoms with Gasteiger partial charge >= 0.3 is 5.97 Å². The summed E-state index contributed by atoms with van der Waals surface area (Å²) in [7, 11) is 1.34. The van der Waals surface area contributed by atoms with E-state index >= 15 is 0 Å². The number of aryl methyl sites for hydroxylation is 1. The molecule has 1 amide bonds. The van der Waals surface area contributed by atoms with E-state index in [9.17, 15) is 9.59 Å². The van der Waals surface area contributed by atoms with Gasteiger partial charge in [0, 0.05) is 16.1 Å². The van der Waals surface area contributed by atoms with E-state index in [4.69, 9.17) is 4.74 Å². The molecular formula is C19H18BrNO3. The van der Waals surface area contributed by atoms with Gasteiger partial charge in [-0.25, -0.2) is 4.79 Å². The Morgan fingerprint density at radius 3 is 2.54 bits per heavy atom. The first kappa shape index (κ1) is 16.7. The van der Waals surface area contributed by atoms with Crippen molar-refractivity contribution in [2.24, 2.45) is 5.92 Å². The molecule has 2 atom stereocenters. The van der Waals surface area contributed by atoms with Crippen molar-refractivity contribution in [2.75, 3.05) is 12.4 Å².